The molecule has 2 aromatic rings. The van der Waals surface area contributed by atoms with Gasteiger partial charge in [0.05, 0.1) is 6.21 Å². The Balaban J connectivity index is 2.52. The fourth-order valence-electron chi connectivity index (χ4n) is 1.33. The fourth-order valence-corrected chi connectivity index (χ4v) is 1.33. The summed E-state index contributed by atoms with van der Waals surface area (Å²) >= 11 is 0. The Bertz CT molecular complexity index is 428. The number of fused-ring (bicyclic) bond motifs is 1. The van der Waals surface area contributed by atoms with Gasteiger partial charge in [-0.1, -0.05) is 18.2 Å². The Morgan fingerprint density at radius 2 is 2.23 bits per heavy atom. The average molecular weight is 173 g/mol. The lowest BCUT2D eigenvalue weighted by Gasteiger charge is -1.89. The topological polar surface area (TPSA) is 40.2 Å². The van der Waals surface area contributed by atoms with Crippen LogP contribution in [-0.4, -0.2) is 18.2 Å². The number of aromatic amines is 1. The number of H-pyrrole nitrogens is 1. The second-order valence-electron chi connectivity index (χ2n) is 2.77. The van der Waals surface area contributed by atoms with Crippen LogP contribution in [0.3, 0.4) is 0 Å². The second-order valence-corrected chi connectivity index (χ2v) is 2.77. The van der Waals surface area contributed by atoms with Crippen molar-refractivity contribution in [1.82, 2.24) is 10.4 Å². The molecule has 0 amide bonds. The minimum Gasteiger partial charge on any atom is -0.361 e. The molecule has 1 heterocycles. The number of para-hydroxylation sites is 1. The third-order valence-electron chi connectivity index (χ3n) is 1.95. The van der Waals surface area contributed by atoms with Gasteiger partial charge in [0.2, 0.25) is 0 Å². The largest absolute Gasteiger partial charge is 0.361 e. The number of rotatable bonds is 2. The molecule has 0 aliphatic heterocycles. The number of hydrogen-bond acceptors (Lipinski definition) is 2. The van der Waals surface area contributed by atoms with Crippen LogP contribution in [0, 0.1) is 0 Å². The van der Waals surface area contributed by atoms with Crippen molar-refractivity contribution in [1.29, 1.82) is 0 Å². The monoisotopic (exact) mass is 173 g/mol. The Morgan fingerprint density at radius 1 is 1.38 bits per heavy atom. The Kier molecular flexibility index (Phi) is 2.00. The van der Waals surface area contributed by atoms with E-state index in [0.29, 0.717) is 0 Å². The molecule has 0 atom stereocenters. The van der Waals surface area contributed by atoms with Crippen LogP contribution >= 0.6 is 0 Å². The maximum absolute atomic E-state index is 3.97. The van der Waals surface area contributed by atoms with E-state index in [1.165, 1.54) is 5.39 Å². The fraction of sp³-hybridized carbons (Fsp3) is 0.100. The Labute approximate surface area is 76.5 Å². The number of hydrazone groups is 1. The van der Waals surface area contributed by atoms with Gasteiger partial charge in [0.15, 0.2) is 0 Å². The molecule has 0 saturated heterocycles. The van der Waals surface area contributed by atoms with Gasteiger partial charge in [-0.25, -0.2) is 0 Å². The van der Waals surface area contributed by atoms with Crippen molar-refractivity contribution >= 4 is 17.1 Å². The number of aromatic nitrogens is 1. The van der Waals surface area contributed by atoms with E-state index in [1.54, 1.807) is 13.3 Å². The van der Waals surface area contributed by atoms with Crippen molar-refractivity contribution < 1.29 is 0 Å². The van der Waals surface area contributed by atoms with Gasteiger partial charge in [-0.15, -0.1) is 0 Å². The van der Waals surface area contributed by atoms with Crippen LogP contribution in [0.4, 0.5) is 0 Å². The maximum Gasteiger partial charge on any atom is 0.0561 e. The Morgan fingerprint density at radius 3 is 3.08 bits per heavy atom. The average Bonchev–Trinajstić information content (AvgIpc) is 2.58. The van der Waals surface area contributed by atoms with E-state index < -0.39 is 0 Å². The molecule has 0 bridgehead atoms. The second kappa shape index (κ2) is 3.31. The third-order valence-corrected chi connectivity index (χ3v) is 1.95. The molecule has 0 aliphatic rings. The number of hydrogen-bond donors (Lipinski definition) is 2. The molecule has 0 unspecified atom stereocenters. The smallest absolute Gasteiger partial charge is 0.0561 e. The van der Waals surface area contributed by atoms with E-state index in [0.717, 1.165) is 11.1 Å². The molecular weight excluding hydrogens is 162 g/mol. The molecule has 1 aromatic carbocycles. The van der Waals surface area contributed by atoms with Crippen molar-refractivity contribution in [2.75, 3.05) is 7.05 Å². The molecule has 1 aromatic heterocycles. The first-order valence-electron chi connectivity index (χ1n) is 4.18. The molecule has 66 valence electrons. The molecular formula is C10H11N3. The summed E-state index contributed by atoms with van der Waals surface area (Å²) in [7, 11) is 1.78. The van der Waals surface area contributed by atoms with Crippen LogP contribution in [-0.2, 0) is 0 Å². The zero-order valence-electron chi connectivity index (χ0n) is 7.41. The molecule has 13 heavy (non-hydrogen) atoms. The summed E-state index contributed by atoms with van der Waals surface area (Å²) in [6.07, 6.45) is 3.75. The number of nitrogens with zero attached hydrogens (tertiary/aromatic N) is 1. The first-order valence-corrected chi connectivity index (χ1v) is 4.18. The Hall–Kier alpha value is -1.77. The van der Waals surface area contributed by atoms with Gasteiger partial charge in [-0.05, 0) is 6.07 Å². The summed E-state index contributed by atoms with van der Waals surface area (Å²) in [5.41, 5.74) is 4.97. The summed E-state index contributed by atoms with van der Waals surface area (Å²) in [4.78, 5) is 3.18. The van der Waals surface area contributed by atoms with Crippen molar-refractivity contribution in [3.63, 3.8) is 0 Å². The van der Waals surface area contributed by atoms with E-state index in [1.807, 2.05) is 24.4 Å². The van der Waals surface area contributed by atoms with Crippen LogP contribution in [0.15, 0.2) is 35.6 Å². The van der Waals surface area contributed by atoms with Gasteiger partial charge in [0.25, 0.3) is 0 Å². The van der Waals surface area contributed by atoms with Gasteiger partial charge >= 0.3 is 0 Å². The molecule has 0 aliphatic carbocycles. The van der Waals surface area contributed by atoms with E-state index in [2.05, 4.69) is 21.6 Å². The molecule has 3 heteroatoms. The quantitative estimate of drug-likeness (QED) is 0.527. The molecule has 0 radical (unpaired) electrons. The standard InChI is InChI=1S/C10H11N3/c1-11-13-7-8-6-12-10-5-3-2-4-9(8)10/h2-7,11-12H,1H3/b13-7+. The third kappa shape index (κ3) is 1.40. The molecule has 0 fully saturated rings. The van der Waals surface area contributed by atoms with Crippen molar-refractivity contribution in [2.45, 2.75) is 0 Å². The van der Waals surface area contributed by atoms with E-state index in [4.69, 9.17) is 0 Å². The normalized spacial score (nSPS) is 11.2. The molecule has 3 nitrogen and oxygen atoms in total. The van der Waals surface area contributed by atoms with E-state index in [-0.39, 0.29) is 0 Å². The predicted molar refractivity (Wildman–Crippen MR) is 55.0 cm³/mol. The van der Waals surface area contributed by atoms with E-state index in [9.17, 15) is 0 Å². The van der Waals surface area contributed by atoms with Gasteiger partial charge in [-0.3, -0.25) is 0 Å². The summed E-state index contributed by atoms with van der Waals surface area (Å²) in [6, 6.07) is 8.15. The van der Waals surface area contributed by atoms with Crippen LogP contribution < -0.4 is 5.43 Å². The van der Waals surface area contributed by atoms with Crippen molar-refractivity contribution in [3.8, 4) is 0 Å². The highest BCUT2D eigenvalue weighted by Gasteiger charge is 1.98. The predicted octanol–water partition coefficient (Wildman–Crippen LogP) is 1.72. The zero-order chi connectivity index (χ0) is 9.10. The van der Waals surface area contributed by atoms with Crippen LogP contribution in [0.25, 0.3) is 10.9 Å². The highest BCUT2D eigenvalue weighted by molar-refractivity contribution is 5.98. The summed E-state index contributed by atoms with van der Waals surface area (Å²) in [6.45, 7) is 0. The highest BCUT2D eigenvalue weighted by atomic mass is 15.3. The summed E-state index contributed by atoms with van der Waals surface area (Å²) in [5, 5.41) is 5.17. The van der Waals surface area contributed by atoms with Gasteiger partial charge in [-0.2, -0.15) is 5.10 Å². The van der Waals surface area contributed by atoms with Gasteiger partial charge in [0, 0.05) is 29.7 Å². The first-order chi connectivity index (χ1) is 6.42. The lowest BCUT2D eigenvalue weighted by molar-refractivity contribution is 0.908. The molecule has 2 N–H and O–H groups in total. The summed E-state index contributed by atoms with van der Waals surface area (Å²) in [5.74, 6) is 0. The molecule has 0 spiro atoms. The van der Waals surface area contributed by atoms with Crippen molar-refractivity contribution in [3.05, 3.63) is 36.0 Å². The zero-order valence-corrected chi connectivity index (χ0v) is 7.41. The number of nitrogens with one attached hydrogen (secondary N) is 2. The molecule has 0 saturated carbocycles. The van der Waals surface area contributed by atoms with Crippen LogP contribution in [0.2, 0.25) is 0 Å². The van der Waals surface area contributed by atoms with Crippen LogP contribution in [0.1, 0.15) is 5.56 Å². The lowest BCUT2D eigenvalue weighted by atomic mass is 10.2. The maximum atomic E-state index is 3.97. The highest BCUT2D eigenvalue weighted by Crippen LogP contribution is 2.15. The first kappa shape index (κ1) is 7.86. The van der Waals surface area contributed by atoms with Crippen LogP contribution in [0.5, 0.6) is 0 Å². The van der Waals surface area contributed by atoms with Gasteiger partial charge < -0.3 is 10.4 Å². The SMILES string of the molecule is CN/N=C/c1c[nH]c2ccccc12. The number of benzene rings is 1. The lowest BCUT2D eigenvalue weighted by Crippen LogP contribution is -1.93. The molecule has 2 rings (SSSR count). The minimum atomic E-state index is 1.10. The van der Waals surface area contributed by atoms with Gasteiger partial charge in [0.1, 0.15) is 0 Å². The minimum absolute atomic E-state index is 1.10. The summed E-state index contributed by atoms with van der Waals surface area (Å²) < 4.78 is 0. The van der Waals surface area contributed by atoms with E-state index >= 15 is 0 Å². The van der Waals surface area contributed by atoms with Crippen molar-refractivity contribution in [2.24, 2.45) is 5.10 Å².